The van der Waals surface area contributed by atoms with Crippen molar-refractivity contribution in [2.45, 2.75) is 26.2 Å². The number of aromatic carboxylic acids is 1. The maximum Gasteiger partial charge on any atom is 0.364 e. The van der Waals surface area contributed by atoms with E-state index in [4.69, 9.17) is 10.8 Å². The van der Waals surface area contributed by atoms with Gasteiger partial charge in [0.1, 0.15) is 0 Å². The Kier molecular flexibility index (Phi) is 8.07. The molecule has 0 bridgehead atoms. The summed E-state index contributed by atoms with van der Waals surface area (Å²) < 4.78 is 0. The zero-order valence-electron chi connectivity index (χ0n) is 8.27. The van der Waals surface area contributed by atoms with E-state index in [1.165, 1.54) is 25.5 Å². The molecule has 4 nitrogen and oxygen atoms in total. The summed E-state index contributed by atoms with van der Waals surface area (Å²) in [6.07, 6.45) is 5.22. The molecule has 0 aliphatic heterocycles. The van der Waals surface area contributed by atoms with Crippen LogP contribution in [0.15, 0.2) is 11.6 Å². The van der Waals surface area contributed by atoms with E-state index in [0.29, 0.717) is 0 Å². The Morgan fingerprint density at radius 2 is 2.36 bits per heavy atom. The fraction of sp³-hybridized carbons (Fsp3) is 0.556. The van der Waals surface area contributed by atoms with Crippen LogP contribution in [0.4, 0.5) is 0 Å². The Bertz CT molecular complexity index is 233. The SMILES string of the molecule is CCCCCN.O=C(O)c1nccs1. The molecule has 5 heteroatoms. The summed E-state index contributed by atoms with van der Waals surface area (Å²) in [5, 5.41) is 9.99. The highest BCUT2D eigenvalue weighted by Crippen LogP contribution is 2.01. The van der Waals surface area contributed by atoms with Crippen LogP contribution in [0.5, 0.6) is 0 Å². The highest BCUT2D eigenvalue weighted by molar-refractivity contribution is 7.11. The number of nitrogens with two attached hydrogens (primary N) is 1. The molecule has 14 heavy (non-hydrogen) atoms. The molecule has 0 atom stereocenters. The summed E-state index contributed by atoms with van der Waals surface area (Å²) >= 11 is 1.12. The summed E-state index contributed by atoms with van der Waals surface area (Å²) in [5.41, 5.74) is 5.21. The van der Waals surface area contributed by atoms with Crippen molar-refractivity contribution in [3.05, 3.63) is 16.6 Å². The van der Waals surface area contributed by atoms with Crippen molar-refractivity contribution in [3.63, 3.8) is 0 Å². The van der Waals surface area contributed by atoms with Crippen molar-refractivity contribution >= 4 is 17.3 Å². The van der Waals surface area contributed by atoms with Crippen LogP contribution in [0.1, 0.15) is 36.0 Å². The number of hydrogen-bond acceptors (Lipinski definition) is 4. The number of thiazole rings is 1. The number of unbranched alkanes of at least 4 members (excludes halogenated alkanes) is 2. The summed E-state index contributed by atoms with van der Waals surface area (Å²) in [6, 6.07) is 0. The third kappa shape index (κ3) is 6.56. The summed E-state index contributed by atoms with van der Waals surface area (Å²) in [4.78, 5) is 13.5. The molecular weight excluding hydrogens is 200 g/mol. The molecule has 0 radical (unpaired) electrons. The number of hydrogen-bond donors (Lipinski definition) is 2. The normalized spacial score (nSPS) is 9.00. The van der Waals surface area contributed by atoms with Crippen LogP contribution >= 0.6 is 11.3 Å². The molecule has 0 saturated heterocycles. The van der Waals surface area contributed by atoms with Crippen molar-refractivity contribution in [2.75, 3.05) is 6.54 Å². The van der Waals surface area contributed by atoms with Crippen LogP contribution < -0.4 is 5.73 Å². The first-order valence-corrected chi connectivity index (χ1v) is 5.43. The van der Waals surface area contributed by atoms with E-state index in [9.17, 15) is 4.79 Å². The summed E-state index contributed by atoms with van der Waals surface area (Å²) in [6.45, 7) is 3.03. The van der Waals surface area contributed by atoms with Crippen molar-refractivity contribution in [2.24, 2.45) is 5.73 Å². The lowest BCUT2D eigenvalue weighted by molar-refractivity contribution is 0.0696. The average molecular weight is 216 g/mol. The zero-order valence-corrected chi connectivity index (χ0v) is 9.09. The van der Waals surface area contributed by atoms with Crippen molar-refractivity contribution in [3.8, 4) is 0 Å². The van der Waals surface area contributed by atoms with Crippen LogP contribution in [-0.2, 0) is 0 Å². The van der Waals surface area contributed by atoms with Gasteiger partial charge in [0.15, 0.2) is 0 Å². The summed E-state index contributed by atoms with van der Waals surface area (Å²) in [7, 11) is 0. The second-order valence-electron chi connectivity index (χ2n) is 2.64. The first-order chi connectivity index (χ1) is 6.72. The van der Waals surface area contributed by atoms with Crippen LogP contribution in [0.2, 0.25) is 0 Å². The number of carboxylic acid groups (broad SMARTS) is 1. The Hall–Kier alpha value is -0.940. The van der Waals surface area contributed by atoms with Crippen molar-refractivity contribution in [1.29, 1.82) is 0 Å². The molecule has 0 amide bonds. The number of carboxylic acids is 1. The highest BCUT2D eigenvalue weighted by atomic mass is 32.1. The van der Waals surface area contributed by atoms with Gasteiger partial charge in [0, 0.05) is 11.6 Å². The van der Waals surface area contributed by atoms with Gasteiger partial charge in [-0.1, -0.05) is 19.8 Å². The lowest BCUT2D eigenvalue weighted by Gasteiger charge is -1.86. The number of carbonyl (C=O) groups is 1. The first kappa shape index (κ1) is 13.1. The fourth-order valence-electron chi connectivity index (χ4n) is 0.723. The molecule has 1 aromatic rings. The van der Waals surface area contributed by atoms with E-state index in [1.54, 1.807) is 5.38 Å². The van der Waals surface area contributed by atoms with E-state index >= 15 is 0 Å². The number of nitrogens with zero attached hydrogens (tertiary/aromatic N) is 1. The van der Waals surface area contributed by atoms with Gasteiger partial charge in [-0.05, 0) is 13.0 Å². The Morgan fingerprint density at radius 1 is 1.64 bits per heavy atom. The van der Waals surface area contributed by atoms with Gasteiger partial charge in [-0.3, -0.25) is 0 Å². The first-order valence-electron chi connectivity index (χ1n) is 4.55. The van der Waals surface area contributed by atoms with Crippen LogP contribution in [0.3, 0.4) is 0 Å². The minimum Gasteiger partial charge on any atom is -0.476 e. The maximum absolute atomic E-state index is 10.0. The lowest BCUT2D eigenvalue weighted by atomic mass is 10.3. The van der Waals surface area contributed by atoms with Gasteiger partial charge in [0.2, 0.25) is 5.01 Å². The monoisotopic (exact) mass is 216 g/mol. The predicted molar refractivity (Wildman–Crippen MR) is 57.7 cm³/mol. The molecule has 0 unspecified atom stereocenters. The smallest absolute Gasteiger partial charge is 0.364 e. The second kappa shape index (κ2) is 8.65. The largest absolute Gasteiger partial charge is 0.476 e. The molecule has 0 aromatic carbocycles. The van der Waals surface area contributed by atoms with Crippen LogP contribution in [0.25, 0.3) is 0 Å². The minimum absolute atomic E-state index is 0.144. The van der Waals surface area contributed by atoms with Gasteiger partial charge in [-0.2, -0.15) is 0 Å². The predicted octanol–water partition coefficient (Wildman–Crippen LogP) is 1.98. The van der Waals surface area contributed by atoms with Crippen molar-refractivity contribution in [1.82, 2.24) is 4.98 Å². The van der Waals surface area contributed by atoms with Crippen LogP contribution in [0, 0.1) is 0 Å². The lowest BCUT2D eigenvalue weighted by Crippen LogP contribution is -1.96. The van der Waals surface area contributed by atoms with E-state index in [-0.39, 0.29) is 5.01 Å². The topological polar surface area (TPSA) is 76.2 Å². The molecule has 0 spiro atoms. The van der Waals surface area contributed by atoms with Crippen LogP contribution in [-0.4, -0.2) is 22.6 Å². The molecule has 1 aromatic heterocycles. The Morgan fingerprint density at radius 3 is 2.57 bits per heavy atom. The third-order valence-electron chi connectivity index (χ3n) is 1.42. The van der Waals surface area contributed by atoms with Gasteiger partial charge >= 0.3 is 5.97 Å². The second-order valence-corrected chi connectivity index (χ2v) is 3.53. The molecule has 1 heterocycles. The Labute approximate surface area is 87.8 Å². The zero-order chi connectivity index (χ0) is 10.8. The molecule has 1 rings (SSSR count). The maximum atomic E-state index is 10.0. The van der Waals surface area contributed by atoms with Gasteiger partial charge in [0.25, 0.3) is 0 Å². The molecule has 0 aliphatic carbocycles. The molecule has 80 valence electrons. The van der Waals surface area contributed by atoms with Gasteiger partial charge < -0.3 is 10.8 Å². The minimum atomic E-state index is -0.958. The highest BCUT2D eigenvalue weighted by Gasteiger charge is 2.01. The average Bonchev–Trinajstić information content (AvgIpc) is 2.68. The quantitative estimate of drug-likeness (QED) is 0.754. The molecule has 0 saturated carbocycles. The van der Waals surface area contributed by atoms with Gasteiger partial charge in [0.05, 0.1) is 0 Å². The molecular formula is C9H16N2O2S. The van der Waals surface area contributed by atoms with Gasteiger partial charge in [-0.15, -0.1) is 11.3 Å². The van der Waals surface area contributed by atoms with E-state index in [0.717, 1.165) is 17.9 Å². The van der Waals surface area contributed by atoms with Crippen molar-refractivity contribution < 1.29 is 9.90 Å². The molecule has 0 fully saturated rings. The standard InChI is InChI=1S/C5H13N.C4H3NO2S/c1-2-3-4-5-6;6-4(7)3-5-1-2-8-3/h2-6H2,1H3;1-2H,(H,6,7). The number of aromatic nitrogens is 1. The number of rotatable bonds is 4. The fourth-order valence-corrected chi connectivity index (χ4v) is 1.20. The third-order valence-corrected chi connectivity index (χ3v) is 2.18. The molecule has 3 N–H and O–H groups in total. The van der Waals surface area contributed by atoms with E-state index in [1.807, 2.05) is 0 Å². The van der Waals surface area contributed by atoms with E-state index in [2.05, 4.69) is 11.9 Å². The van der Waals surface area contributed by atoms with Gasteiger partial charge in [-0.25, -0.2) is 9.78 Å². The summed E-state index contributed by atoms with van der Waals surface area (Å²) in [5.74, 6) is -0.958. The van der Waals surface area contributed by atoms with E-state index < -0.39 is 5.97 Å². The molecule has 0 aliphatic rings. The Balaban J connectivity index is 0.000000255.